The third kappa shape index (κ3) is 15.4. The molecule has 19 heavy (non-hydrogen) atoms. The van der Waals surface area contributed by atoms with Gasteiger partial charge in [0.2, 0.25) is 0 Å². The maximum Gasteiger partial charge on any atom is 0.305 e. The fraction of sp³-hybridized carbons (Fsp3) is 0.938. The van der Waals surface area contributed by atoms with Crippen molar-refractivity contribution in [3.05, 3.63) is 0 Å². The number of aliphatic hydroxyl groups is 1. The van der Waals surface area contributed by atoms with E-state index in [0.29, 0.717) is 19.6 Å². The highest BCUT2D eigenvalue weighted by Gasteiger charge is 2.02. The summed E-state index contributed by atoms with van der Waals surface area (Å²) in [5.41, 5.74) is 0. The first-order valence-corrected chi connectivity index (χ1v) is 8.07. The van der Waals surface area contributed by atoms with Gasteiger partial charge in [0.15, 0.2) is 0 Å². The van der Waals surface area contributed by atoms with Gasteiger partial charge in [0.1, 0.15) is 0 Å². The van der Waals surface area contributed by atoms with E-state index in [2.05, 4.69) is 6.92 Å². The summed E-state index contributed by atoms with van der Waals surface area (Å²) >= 11 is 0. The Morgan fingerprint density at radius 2 is 1.42 bits per heavy atom. The third-order valence-corrected chi connectivity index (χ3v) is 3.30. The lowest BCUT2D eigenvalue weighted by Crippen LogP contribution is -2.05. The minimum Gasteiger partial charge on any atom is -0.466 e. The van der Waals surface area contributed by atoms with Crippen molar-refractivity contribution in [2.24, 2.45) is 0 Å². The fourth-order valence-corrected chi connectivity index (χ4v) is 2.05. The molecule has 3 heteroatoms. The highest BCUT2D eigenvalue weighted by molar-refractivity contribution is 5.69. The Kier molecular flexibility index (Phi) is 15.0. The highest BCUT2D eigenvalue weighted by atomic mass is 16.5. The van der Waals surface area contributed by atoms with Crippen LogP contribution in [0.4, 0.5) is 0 Å². The third-order valence-electron chi connectivity index (χ3n) is 3.30. The molecule has 1 N–H and O–H groups in total. The summed E-state index contributed by atoms with van der Waals surface area (Å²) in [6.07, 6.45) is 12.9. The van der Waals surface area contributed by atoms with E-state index in [1.807, 2.05) is 0 Å². The Labute approximate surface area is 118 Å². The van der Waals surface area contributed by atoms with E-state index in [4.69, 9.17) is 9.84 Å². The van der Waals surface area contributed by atoms with E-state index in [-0.39, 0.29) is 5.97 Å². The van der Waals surface area contributed by atoms with Gasteiger partial charge < -0.3 is 9.84 Å². The quantitative estimate of drug-likeness (QED) is 0.380. The predicted molar refractivity (Wildman–Crippen MR) is 79.1 cm³/mol. The van der Waals surface area contributed by atoms with Crippen LogP contribution in [0, 0.1) is 0 Å². The van der Waals surface area contributed by atoms with E-state index in [1.165, 1.54) is 32.1 Å². The van der Waals surface area contributed by atoms with Gasteiger partial charge in [-0.25, -0.2) is 0 Å². The minimum absolute atomic E-state index is 0.0308. The largest absolute Gasteiger partial charge is 0.466 e. The van der Waals surface area contributed by atoms with Crippen LogP contribution < -0.4 is 0 Å². The second-order valence-electron chi connectivity index (χ2n) is 5.23. The molecule has 0 saturated carbocycles. The molecule has 114 valence electrons. The number of ether oxygens (including phenoxy) is 1. The van der Waals surface area contributed by atoms with Crippen LogP contribution in [0.2, 0.25) is 0 Å². The molecule has 0 aromatic rings. The Balaban J connectivity index is 3.12. The predicted octanol–water partition coefficient (Wildman–Crippen LogP) is 4.22. The maximum atomic E-state index is 11.4. The first-order valence-electron chi connectivity index (χ1n) is 8.07. The molecule has 0 bridgehead atoms. The minimum atomic E-state index is -0.0308. The van der Waals surface area contributed by atoms with E-state index in [9.17, 15) is 4.79 Å². The molecular weight excluding hydrogens is 240 g/mol. The summed E-state index contributed by atoms with van der Waals surface area (Å²) in [5, 5.41) is 8.63. The van der Waals surface area contributed by atoms with Gasteiger partial charge in [-0.3, -0.25) is 4.79 Å². The van der Waals surface area contributed by atoms with Crippen LogP contribution in [0.25, 0.3) is 0 Å². The van der Waals surface area contributed by atoms with Crippen molar-refractivity contribution in [1.82, 2.24) is 0 Å². The van der Waals surface area contributed by atoms with E-state index in [1.54, 1.807) is 0 Å². The fourth-order valence-electron chi connectivity index (χ4n) is 2.05. The average Bonchev–Trinajstić information content (AvgIpc) is 2.41. The molecule has 3 nitrogen and oxygen atoms in total. The lowest BCUT2D eigenvalue weighted by molar-refractivity contribution is -0.143. The van der Waals surface area contributed by atoms with E-state index < -0.39 is 0 Å². The number of rotatable bonds is 14. The van der Waals surface area contributed by atoms with Crippen molar-refractivity contribution in [2.75, 3.05) is 13.2 Å². The van der Waals surface area contributed by atoms with Gasteiger partial charge >= 0.3 is 5.97 Å². The van der Waals surface area contributed by atoms with Crippen molar-refractivity contribution in [3.63, 3.8) is 0 Å². The van der Waals surface area contributed by atoms with Gasteiger partial charge in [0, 0.05) is 13.0 Å². The van der Waals surface area contributed by atoms with Crippen molar-refractivity contribution in [1.29, 1.82) is 0 Å². The summed E-state index contributed by atoms with van der Waals surface area (Å²) < 4.78 is 5.20. The number of carbonyl (C=O) groups is 1. The zero-order valence-electron chi connectivity index (χ0n) is 12.7. The molecular formula is C16H32O3. The number of unbranched alkanes of at least 4 members (excludes halogenated alkanes) is 9. The number of hydrogen-bond donors (Lipinski definition) is 1. The maximum absolute atomic E-state index is 11.4. The monoisotopic (exact) mass is 272 g/mol. The zero-order chi connectivity index (χ0) is 14.2. The van der Waals surface area contributed by atoms with E-state index in [0.717, 1.165) is 38.5 Å². The molecule has 0 radical (unpaired) electrons. The molecule has 0 heterocycles. The molecule has 0 aliphatic rings. The van der Waals surface area contributed by atoms with Gasteiger partial charge in [-0.2, -0.15) is 0 Å². The zero-order valence-corrected chi connectivity index (χ0v) is 12.7. The van der Waals surface area contributed by atoms with Gasteiger partial charge in [-0.1, -0.05) is 58.3 Å². The van der Waals surface area contributed by atoms with Crippen LogP contribution in [0.15, 0.2) is 0 Å². The SMILES string of the molecule is CCCCCCCC(=O)OCCCCCCCCO. The van der Waals surface area contributed by atoms with Crippen molar-refractivity contribution < 1.29 is 14.6 Å². The lowest BCUT2D eigenvalue weighted by atomic mass is 10.1. The van der Waals surface area contributed by atoms with Crippen LogP contribution in [0.1, 0.15) is 84.0 Å². The molecule has 0 rings (SSSR count). The summed E-state index contributed by atoms with van der Waals surface area (Å²) in [6, 6.07) is 0. The smallest absolute Gasteiger partial charge is 0.305 e. The Morgan fingerprint density at radius 1 is 0.842 bits per heavy atom. The number of carbonyl (C=O) groups excluding carboxylic acids is 1. The molecule has 0 aliphatic carbocycles. The number of aliphatic hydroxyl groups excluding tert-OH is 1. The van der Waals surface area contributed by atoms with Crippen molar-refractivity contribution in [2.45, 2.75) is 84.0 Å². The molecule has 0 saturated heterocycles. The second kappa shape index (κ2) is 15.5. The average molecular weight is 272 g/mol. The first kappa shape index (κ1) is 18.4. The Bertz CT molecular complexity index is 192. The second-order valence-corrected chi connectivity index (χ2v) is 5.23. The van der Waals surface area contributed by atoms with Crippen LogP contribution in [0.5, 0.6) is 0 Å². The van der Waals surface area contributed by atoms with Crippen LogP contribution in [-0.2, 0) is 9.53 Å². The Morgan fingerprint density at radius 3 is 2.11 bits per heavy atom. The van der Waals surface area contributed by atoms with Gasteiger partial charge in [0.05, 0.1) is 6.61 Å². The highest BCUT2D eigenvalue weighted by Crippen LogP contribution is 2.07. The summed E-state index contributed by atoms with van der Waals surface area (Å²) in [4.78, 5) is 11.4. The summed E-state index contributed by atoms with van der Waals surface area (Å²) in [7, 11) is 0. The van der Waals surface area contributed by atoms with E-state index >= 15 is 0 Å². The molecule has 0 fully saturated rings. The molecule has 0 aromatic heterocycles. The summed E-state index contributed by atoms with van der Waals surface area (Å²) in [5.74, 6) is -0.0308. The summed E-state index contributed by atoms with van der Waals surface area (Å²) in [6.45, 7) is 3.07. The lowest BCUT2D eigenvalue weighted by Gasteiger charge is -2.05. The normalized spacial score (nSPS) is 10.6. The van der Waals surface area contributed by atoms with Gasteiger partial charge in [0.25, 0.3) is 0 Å². The molecule has 0 atom stereocenters. The van der Waals surface area contributed by atoms with Crippen molar-refractivity contribution in [3.8, 4) is 0 Å². The van der Waals surface area contributed by atoms with Crippen molar-refractivity contribution >= 4 is 5.97 Å². The topological polar surface area (TPSA) is 46.5 Å². The van der Waals surface area contributed by atoms with Crippen LogP contribution in [0.3, 0.4) is 0 Å². The molecule has 0 spiro atoms. The van der Waals surface area contributed by atoms with Gasteiger partial charge in [-0.15, -0.1) is 0 Å². The molecule has 0 unspecified atom stereocenters. The van der Waals surface area contributed by atoms with Gasteiger partial charge in [-0.05, 0) is 19.3 Å². The van der Waals surface area contributed by atoms with Crippen LogP contribution >= 0.6 is 0 Å². The first-order chi connectivity index (χ1) is 9.31. The number of hydrogen-bond acceptors (Lipinski definition) is 3. The standard InChI is InChI=1S/C16H32O3/c1-2-3-4-7-10-13-16(18)19-15-12-9-6-5-8-11-14-17/h17H,2-15H2,1H3. The molecule has 0 aliphatic heterocycles. The molecule has 0 aromatic carbocycles. The Hall–Kier alpha value is -0.570. The number of esters is 1. The molecule has 0 amide bonds. The van der Waals surface area contributed by atoms with Crippen LogP contribution in [-0.4, -0.2) is 24.3 Å².